The molecule has 0 aliphatic heterocycles. The summed E-state index contributed by atoms with van der Waals surface area (Å²) in [7, 11) is 0. The monoisotopic (exact) mass is 212 g/mol. The Balaban J connectivity index is 2.09. The maximum atomic E-state index is 11.4. The van der Waals surface area contributed by atoms with Crippen LogP contribution in [-0.2, 0) is 9.59 Å². The van der Waals surface area contributed by atoms with Crippen molar-refractivity contribution in [3.8, 4) is 0 Å². The highest BCUT2D eigenvalue weighted by molar-refractivity contribution is 5.76. The number of carbonyl (C=O) groups excluding carboxylic acids is 2. The second-order valence-electron chi connectivity index (χ2n) is 4.13. The van der Waals surface area contributed by atoms with Crippen LogP contribution in [0.4, 0.5) is 0 Å². The molecule has 0 aromatic carbocycles. The molecule has 86 valence electrons. The lowest BCUT2D eigenvalue weighted by molar-refractivity contribution is -0.305. The molecule has 0 saturated heterocycles. The van der Waals surface area contributed by atoms with Crippen LogP contribution in [0.5, 0.6) is 0 Å². The third kappa shape index (κ3) is 5.40. The van der Waals surface area contributed by atoms with E-state index in [1.807, 2.05) is 0 Å². The summed E-state index contributed by atoms with van der Waals surface area (Å²) < 4.78 is 0. The SMILES string of the molecule is O=C([O-])CCCC(=O)NC1CCCCC1. The van der Waals surface area contributed by atoms with Gasteiger partial charge in [0.2, 0.25) is 5.91 Å². The Hall–Kier alpha value is -1.06. The summed E-state index contributed by atoms with van der Waals surface area (Å²) in [5, 5.41) is 13.1. The molecule has 0 unspecified atom stereocenters. The predicted octanol–water partition coefficient (Wildman–Crippen LogP) is 0.355. The number of aliphatic carboxylic acids is 1. The van der Waals surface area contributed by atoms with Crippen molar-refractivity contribution in [2.45, 2.75) is 57.4 Å². The number of carboxylic acid groups (broad SMARTS) is 1. The molecule has 0 heterocycles. The fraction of sp³-hybridized carbons (Fsp3) is 0.818. The van der Waals surface area contributed by atoms with Gasteiger partial charge in [-0.25, -0.2) is 0 Å². The number of rotatable bonds is 5. The highest BCUT2D eigenvalue weighted by atomic mass is 16.4. The molecule has 0 atom stereocenters. The quantitative estimate of drug-likeness (QED) is 0.715. The van der Waals surface area contributed by atoms with Crippen LogP contribution in [0.1, 0.15) is 51.4 Å². The molecule has 1 N–H and O–H groups in total. The average molecular weight is 212 g/mol. The first kappa shape index (κ1) is 12.0. The molecule has 4 nitrogen and oxygen atoms in total. The molecule has 15 heavy (non-hydrogen) atoms. The van der Waals surface area contributed by atoms with E-state index in [0.717, 1.165) is 12.8 Å². The lowest BCUT2D eigenvalue weighted by Crippen LogP contribution is -2.36. The van der Waals surface area contributed by atoms with Gasteiger partial charge in [-0.15, -0.1) is 0 Å². The Bertz CT molecular complexity index is 222. The Morgan fingerprint density at radius 1 is 1.13 bits per heavy atom. The smallest absolute Gasteiger partial charge is 0.220 e. The van der Waals surface area contributed by atoms with Gasteiger partial charge in [0, 0.05) is 18.4 Å². The van der Waals surface area contributed by atoms with Crippen LogP contribution in [0.25, 0.3) is 0 Å². The van der Waals surface area contributed by atoms with E-state index in [-0.39, 0.29) is 12.3 Å². The molecule has 4 heteroatoms. The Morgan fingerprint density at radius 2 is 1.80 bits per heavy atom. The maximum absolute atomic E-state index is 11.4. The summed E-state index contributed by atoms with van der Waals surface area (Å²) in [4.78, 5) is 21.5. The van der Waals surface area contributed by atoms with Crippen molar-refractivity contribution in [1.82, 2.24) is 5.32 Å². The summed E-state index contributed by atoms with van der Waals surface area (Å²) in [6.07, 6.45) is 6.40. The second kappa shape index (κ2) is 6.43. The van der Waals surface area contributed by atoms with E-state index in [2.05, 4.69) is 5.32 Å². The first-order chi connectivity index (χ1) is 7.18. The molecule has 1 amide bonds. The van der Waals surface area contributed by atoms with Gasteiger partial charge in [-0.2, -0.15) is 0 Å². The van der Waals surface area contributed by atoms with Gasteiger partial charge in [-0.3, -0.25) is 4.79 Å². The molecule has 1 fully saturated rings. The van der Waals surface area contributed by atoms with Gasteiger partial charge in [0.25, 0.3) is 0 Å². The van der Waals surface area contributed by atoms with Gasteiger partial charge in [0.05, 0.1) is 0 Å². The van der Waals surface area contributed by atoms with E-state index >= 15 is 0 Å². The Morgan fingerprint density at radius 3 is 2.40 bits per heavy atom. The first-order valence-electron chi connectivity index (χ1n) is 5.67. The third-order valence-electron chi connectivity index (χ3n) is 2.76. The minimum Gasteiger partial charge on any atom is -0.550 e. The highest BCUT2D eigenvalue weighted by Gasteiger charge is 2.14. The van der Waals surface area contributed by atoms with Crippen LogP contribution in [0.3, 0.4) is 0 Å². The van der Waals surface area contributed by atoms with Crippen LogP contribution in [0.15, 0.2) is 0 Å². The highest BCUT2D eigenvalue weighted by Crippen LogP contribution is 2.17. The van der Waals surface area contributed by atoms with Crippen LogP contribution in [0, 0.1) is 0 Å². The van der Waals surface area contributed by atoms with Crippen molar-refractivity contribution in [3.63, 3.8) is 0 Å². The van der Waals surface area contributed by atoms with E-state index in [0.29, 0.717) is 18.9 Å². The van der Waals surface area contributed by atoms with E-state index in [9.17, 15) is 14.7 Å². The number of carbonyl (C=O) groups is 2. The molecule has 0 radical (unpaired) electrons. The molecule has 0 spiro atoms. The van der Waals surface area contributed by atoms with Crippen molar-refractivity contribution in [2.75, 3.05) is 0 Å². The predicted molar refractivity (Wildman–Crippen MR) is 53.9 cm³/mol. The minimum atomic E-state index is -1.08. The summed E-state index contributed by atoms with van der Waals surface area (Å²) in [6, 6.07) is 0.314. The third-order valence-corrected chi connectivity index (χ3v) is 2.76. The molecule has 1 rings (SSSR count). The van der Waals surface area contributed by atoms with Crippen molar-refractivity contribution in [2.24, 2.45) is 0 Å². The second-order valence-corrected chi connectivity index (χ2v) is 4.13. The number of nitrogens with one attached hydrogen (secondary N) is 1. The summed E-state index contributed by atoms with van der Waals surface area (Å²) in [5.41, 5.74) is 0. The van der Waals surface area contributed by atoms with Gasteiger partial charge in [0.15, 0.2) is 0 Å². The summed E-state index contributed by atoms with van der Waals surface area (Å²) in [5.74, 6) is -1.11. The Kier molecular flexibility index (Phi) is 5.15. The van der Waals surface area contributed by atoms with Gasteiger partial charge in [0.1, 0.15) is 0 Å². The van der Waals surface area contributed by atoms with E-state index in [1.54, 1.807) is 0 Å². The van der Waals surface area contributed by atoms with E-state index < -0.39 is 5.97 Å². The fourth-order valence-electron chi connectivity index (χ4n) is 1.94. The molecule has 1 aliphatic carbocycles. The normalized spacial score (nSPS) is 17.3. The van der Waals surface area contributed by atoms with Crippen LogP contribution in [-0.4, -0.2) is 17.9 Å². The zero-order valence-corrected chi connectivity index (χ0v) is 8.96. The maximum Gasteiger partial charge on any atom is 0.220 e. The summed E-state index contributed by atoms with van der Waals surface area (Å²) >= 11 is 0. The molecule has 1 aliphatic rings. The van der Waals surface area contributed by atoms with Gasteiger partial charge < -0.3 is 15.2 Å². The van der Waals surface area contributed by atoms with Gasteiger partial charge in [-0.1, -0.05) is 19.3 Å². The molecule has 0 bridgehead atoms. The molecule has 0 aromatic heterocycles. The molecular formula is C11H18NO3-. The zero-order valence-electron chi connectivity index (χ0n) is 8.96. The van der Waals surface area contributed by atoms with Crippen LogP contribution >= 0.6 is 0 Å². The first-order valence-corrected chi connectivity index (χ1v) is 5.67. The largest absolute Gasteiger partial charge is 0.550 e. The van der Waals surface area contributed by atoms with Crippen molar-refractivity contribution in [3.05, 3.63) is 0 Å². The summed E-state index contributed by atoms with van der Waals surface area (Å²) in [6.45, 7) is 0. The van der Waals surface area contributed by atoms with Gasteiger partial charge in [-0.05, 0) is 25.7 Å². The average Bonchev–Trinajstić information content (AvgIpc) is 2.18. The lowest BCUT2D eigenvalue weighted by atomic mass is 9.95. The van der Waals surface area contributed by atoms with Crippen LogP contribution < -0.4 is 10.4 Å². The fourth-order valence-corrected chi connectivity index (χ4v) is 1.94. The molecular weight excluding hydrogens is 194 g/mol. The molecule has 0 aromatic rings. The van der Waals surface area contributed by atoms with Crippen LogP contribution in [0.2, 0.25) is 0 Å². The van der Waals surface area contributed by atoms with Gasteiger partial charge >= 0.3 is 0 Å². The number of amides is 1. The minimum absolute atomic E-state index is 0.0249. The standard InChI is InChI=1S/C11H19NO3/c13-10(7-4-8-11(14)15)12-9-5-2-1-3-6-9/h9H,1-8H2,(H,12,13)(H,14,15)/p-1. The topological polar surface area (TPSA) is 69.2 Å². The molecule has 1 saturated carbocycles. The van der Waals surface area contributed by atoms with E-state index in [4.69, 9.17) is 0 Å². The van der Waals surface area contributed by atoms with Crippen molar-refractivity contribution < 1.29 is 14.7 Å². The zero-order chi connectivity index (χ0) is 11.1. The van der Waals surface area contributed by atoms with Crippen molar-refractivity contribution in [1.29, 1.82) is 0 Å². The Labute approximate surface area is 90.0 Å². The number of hydrogen-bond donors (Lipinski definition) is 1. The number of carboxylic acids is 1. The van der Waals surface area contributed by atoms with Crippen molar-refractivity contribution >= 4 is 11.9 Å². The number of hydrogen-bond acceptors (Lipinski definition) is 3. The lowest BCUT2D eigenvalue weighted by Gasteiger charge is -2.22. The van der Waals surface area contributed by atoms with E-state index in [1.165, 1.54) is 19.3 Å².